The summed E-state index contributed by atoms with van der Waals surface area (Å²) in [6, 6.07) is 13.6. The van der Waals surface area contributed by atoms with Gasteiger partial charge >= 0.3 is 0 Å². The summed E-state index contributed by atoms with van der Waals surface area (Å²) in [5.41, 5.74) is 2.95. The van der Waals surface area contributed by atoms with Crippen LogP contribution in [0.1, 0.15) is 30.3 Å². The van der Waals surface area contributed by atoms with Crippen LogP contribution in [0.2, 0.25) is 0 Å². The van der Waals surface area contributed by atoms with Gasteiger partial charge in [-0.05, 0) is 79.9 Å². The van der Waals surface area contributed by atoms with Crippen molar-refractivity contribution >= 4 is 26.7 Å². The van der Waals surface area contributed by atoms with Gasteiger partial charge in [-0.2, -0.15) is 4.39 Å². The number of H-pyrrole nitrogens is 1. The average Bonchev–Trinajstić information content (AvgIpc) is 3.62. The third kappa shape index (κ3) is 6.30. The number of nitrogens with one attached hydrogen (secondary N) is 2. The number of carbonyl (C=O) groups excluding carboxylic acids is 1. The van der Waals surface area contributed by atoms with Crippen LogP contribution in [0.15, 0.2) is 71.9 Å². The topological polar surface area (TPSA) is 126 Å². The number of aromatic amines is 1. The number of Topliss-reactive ketones (excluding diaryl/α,β-unsaturated/α-hetero) is 1. The molecule has 228 valence electrons. The third-order valence-electron chi connectivity index (χ3n) is 8.01. The first-order valence-electron chi connectivity index (χ1n) is 14.3. The number of sulfonamides is 1. The molecule has 44 heavy (non-hydrogen) atoms. The number of hydrogen-bond acceptors (Lipinski definition) is 7. The Morgan fingerprint density at radius 1 is 1.09 bits per heavy atom. The van der Waals surface area contributed by atoms with Gasteiger partial charge in [0, 0.05) is 54.8 Å². The van der Waals surface area contributed by atoms with E-state index in [2.05, 4.69) is 29.9 Å². The van der Waals surface area contributed by atoms with E-state index < -0.39 is 21.8 Å². The van der Waals surface area contributed by atoms with Crippen LogP contribution in [0.5, 0.6) is 0 Å². The first-order chi connectivity index (χ1) is 21.2. The molecular formula is C31H31F2N7O3S. The Hall–Kier alpha value is -4.33. The van der Waals surface area contributed by atoms with Gasteiger partial charge in [0.15, 0.2) is 5.78 Å². The molecule has 0 amide bonds. The van der Waals surface area contributed by atoms with Crippen molar-refractivity contribution in [3.05, 3.63) is 84.4 Å². The summed E-state index contributed by atoms with van der Waals surface area (Å²) < 4.78 is 58.0. The molecule has 3 aromatic heterocycles. The van der Waals surface area contributed by atoms with Crippen LogP contribution in [0.4, 0.5) is 8.78 Å². The number of aromatic nitrogens is 5. The second-order valence-electron chi connectivity index (χ2n) is 11.0. The maximum atomic E-state index is 14.0. The number of benzene rings is 2. The standard InChI is InChI=1S/C31H31F2N7O3S/c1-20(41)30-29(26-17-23(32)6-9-27(26)36-30)28-19-40(38-37-28)18-21-10-14-39(15-11-21)16-13-35-44(42,43)24-7-4-22(5-8-24)25-3-2-12-34-31(25)33/h2-9,12,17,19,21,35-36H,10-11,13-16,18H2,1H3. The minimum atomic E-state index is -3.71. The molecule has 2 N–H and O–H groups in total. The number of ketones is 1. The lowest BCUT2D eigenvalue weighted by atomic mass is 9.97. The summed E-state index contributed by atoms with van der Waals surface area (Å²) >= 11 is 0. The SMILES string of the molecule is CC(=O)c1[nH]c2ccc(F)cc2c1-c1cn(CC2CCN(CCNS(=O)(=O)c3ccc(-c4cccnc4F)cc3)CC2)nn1. The van der Waals surface area contributed by atoms with E-state index >= 15 is 0 Å². The average molecular weight is 620 g/mol. The third-order valence-corrected chi connectivity index (χ3v) is 9.49. The van der Waals surface area contributed by atoms with Crippen LogP contribution in [0, 0.1) is 17.7 Å². The van der Waals surface area contributed by atoms with Gasteiger partial charge < -0.3 is 9.88 Å². The summed E-state index contributed by atoms with van der Waals surface area (Å²) in [4.78, 5) is 21.3. The van der Waals surface area contributed by atoms with Crippen molar-refractivity contribution in [2.45, 2.75) is 31.2 Å². The number of piperidine rings is 1. The molecule has 1 saturated heterocycles. The number of hydrogen-bond donors (Lipinski definition) is 2. The van der Waals surface area contributed by atoms with Crippen molar-refractivity contribution in [3.8, 4) is 22.4 Å². The number of pyridine rings is 1. The smallest absolute Gasteiger partial charge is 0.240 e. The fourth-order valence-electron chi connectivity index (χ4n) is 5.69. The van der Waals surface area contributed by atoms with Gasteiger partial charge in [0.1, 0.15) is 11.5 Å². The summed E-state index contributed by atoms with van der Waals surface area (Å²) in [6.07, 6.45) is 4.97. The summed E-state index contributed by atoms with van der Waals surface area (Å²) in [5, 5.41) is 9.17. The molecule has 0 saturated carbocycles. The molecule has 0 spiro atoms. The molecule has 6 rings (SSSR count). The highest BCUT2D eigenvalue weighted by atomic mass is 32.2. The van der Waals surface area contributed by atoms with Gasteiger partial charge in [-0.15, -0.1) is 5.10 Å². The first kappa shape index (κ1) is 29.7. The molecule has 1 aliphatic rings. The van der Waals surface area contributed by atoms with E-state index in [-0.39, 0.29) is 17.2 Å². The van der Waals surface area contributed by atoms with Crippen molar-refractivity contribution in [2.24, 2.45) is 5.92 Å². The summed E-state index contributed by atoms with van der Waals surface area (Å²) in [7, 11) is -3.71. The Kier molecular flexibility index (Phi) is 8.34. The fraction of sp³-hybridized carbons (Fsp3) is 0.290. The number of carbonyl (C=O) groups is 1. The molecule has 0 bridgehead atoms. The van der Waals surface area contributed by atoms with Crippen molar-refractivity contribution in [2.75, 3.05) is 26.2 Å². The molecule has 13 heteroatoms. The zero-order chi connectivity index (χ0) is 30.8. The maximum Gasteiger partial charge on any atom is 0.240 e. The predicted octanol–water partition coefficient (Wildman–Crippen LogP) is 4.66. The summed E-state index contributed by atoms with van der Waals surface area (Å²) in [5.74, 6) is -0.819. The highest BCUT2D eigenvalue weighted by molar-refractivity contribution is 7.89. The molecule has 0 atom stereocenters. The second-order valence-corrected chi connectivity index (χ2v) is 12.8. The van der Waals surface area contributed by atoms with E-state index in [0.29, 0.717) is 58.0 Å². The van der Waals surface area contributed by atoms with Crippen LogP contribution >= 0.6 is 0 Å². The lowest BCUT2D eigenvalue weighted by Crippen LogP contribution is -2.40. The maximum absolute atomic E-state index is 14.0. The Morgan fingerprint density at radius 3 is 2.59 bits per heavy atom. The van der Waals surface area contributed by atoms with Gasteiger partial charge in [-0.25, -0.2) is 22.5 Å². The van der Waals surface area contributed by atoms with Gasteiger partial charge in [0.25, 0.3) is 0 Å². The second kappa shape index (κ2) is 12.3. The number of nitrogens with zero attached hydrogens (tertiary/aromatic N) is 5. The van der Waals surface area contributed by atoms with Crippen molar-refractivity contribution < 1.29 is 22.0 Å². The molecule has 4 heterocycles. The zero-order valence-electron chi connectivity index (χ0n) is 24.0. The first-order valence-corrected chi connectivity index (χ1v) is 15.8. The molecule has 5 aromatic rings. The minimum absolute atomic E-state index is 0.115. The molecule has 2 aromatic carbocycles. The Balaban J connectivity index is 1.01. The van der Waals surface area contributed by atoms with Crippen LogP contribution in [-0.4, -0.2) is 70.2 Å². The van der Waals surface area contributed by atoms with E-state index in [1.807, 2.05) is 0 Å². The molecule has 1 aliphatic heterocycles. The fourth-order valence-corrected chi connectivity index (χ4v) is 6.71. The summed E-state index contributed by atoms with van der Waals surface area (Å²) in [6.45, 7) is 4.58. The zero-order valence-corrected chi connectivity index (χ0v) is 24.8. The van der Waals surface area contributed by atoms with Crippen LogP contribution in [0.3, 0.4) is 0 Å². The molecule has 0 radical (unpaired) electrons. The highest BCUT2D eigenvalue weighted by Gasteiger charge is 2.23. The molecular weight excluding hydrogens is 588 g/mol. The van der Waals surface area contributed by atoms with E-state index in [1.54, 1.807) is 41.2 Å². The lowest BCUT2D eigenvalue weighted by Gasteiger charge is -2.31. The predicted molar refractivity (Wildman–Crippen MR) is 161 cm³/mol. The van der Waals surface area contributed by atoms with Gasteiger partial charge in [0.05, 0.1) is 16.8 Å². The van der Waals surface area contributed by atoms with E-state index in [1.165, 1.54) is 37.4 Å². The normalized spacial score (nSPS) is 14.8. The van der Waals surface area contributed by atoms with Crippen LogP contribution in [0.25, 0.3) is 33.3 Å². The largest absolute Gasteiger partial charge is 0.352 e. The van der Waals surface area contributed by atoms with Gasteiger partial charge in [-0.1, -0.05) is 17.3 Å². The van der Waals surface area contributed by atoms with Gasteiger partial charge in [0.2, 0.25) is 16.0 Å². The van der Waals surface area contributed by atoms with Gasteiger partial charge in [-0.3, -0.25) is 9.48 Å². The lowest BCUT2D eigenvalue weighted by molar-refractivity contribution is 0.101. The van der Waals surface area contributed by atoms with E-state index in [4.69, 9.17) is 0 Å². The van der Waals surface area contributed by atoms with Crippen molar-refractivity contribution in [3.63, 3.8) is 0 Å². The molecule has 1 fully saturated rings. The van der Waals surface area contributed by atoms with Crippen LogP contribution < -0.4 is 4.72 Å². The van der Waals surface area contributed by atoms with Crippen molar-refractivity contribution in [1.82, 2.24) is 34.6 Å². The Labute approximate surface area is 253 Å². The highest BCUT2D eigenvalue weighted by Crippen LogP contribution is 2.32. The quantitative estimate of drug-likeness (QED) is 0.172. The van der Waals surface area contributed by atoms with E-state index in [9.17, 15) is 22.0 Å². The molecule has 0 unspecified atom stereocenters. The number of fused-ring (bicyclic) bond motifs is 1. The number of likely N-dealkylation sites (tertiary alicyclic amines) is 1. The molecule has 0 aliphatic carbocycles. The Bertz CT molecular complexity index is 1910. The minimum Gasteiger partial charge on any atom is -0.352 e. The monoisotopic (exact) mass is 619 g/mol. The van der Waals surface area contributed by atoms with Crippen molar-refractivity contribution in [1.29, 1.82) is 0 Å². The van der Waals surface area contributed by atoms with Crippen LogP contribution in [-0.2, 0) is 16.6 Å². The molecule has 10 nitrogen and oxygen atoms in total. The Morgan fingerprint density at radius 2 is 1.86 bits per heavy atom. The van der Waals surface area contributed by atoms with E-state index in [0.717, 1.165) is 25.9 Å². The number of halogens is 2. The number of rotatable bonds is 10.